The van der Waals surface area contributed by atoms with Crippen LogP contribution in [0.1, 0.15) is 26.3 Å². The highest BCUT2D eigenvalue weighted by Gasteiger charge is 2.26. The molecule has 6 heteroatoms. The molecule has 140 valence electrons. The Morgan fingerprint density at radius 2 is 1.79 bits per heavy atom. The summed E-state index contributed by atoms with van der Waals surface area (Å²) in [7, 11) is 1.71. The average molecular weight is 437 g/mol. The van der Waals surface area contributed by atoms with Gasteiger partial charge in [0.25, 0.3) is 11.8 Å². The van der Waals surface area contributed by atoms with Crippen molar-refractivity contribution >= 4 is 39.1 Å². The van der Waals surface area contributed by atoms with Gasteiger partial charge in [-0.25, -0.2) is 0 Å². The molecule has 0 saturated carbocycles. The lowest BCUT2D eigenvalue weighted by atomic mass is 10.1. The van der Waals surface area contributed by atoms with Crippen molar-refractivity contribution in [2.24, 2.45) is 0 Å². The summed E-state index contributed by atoms with van der Waals surface area (Å²) in [5.41, 5.74) is 3.17. The van der Waals surface area contributed by atoms with E-state index in [1.165, 1.54) is 0 Å². The number of hydrogen-bond acceptors (Lipinski definition) is 3. The number of ether oxygens (including phenoxy) is 1. The van der Waals surface area contributed by atoms with Crippen molar-refractivity contribution in [2.45, 2.75) is 6.92 Å². The molecule has 1 aliphatic heterocycles. The van der Waals surface area contributed by atoms with Gasteiger partial charge in [-0.05, 0) is 70.9 Å². The molecule has 3 aromatic carbocycles. The summed E-state index contributed by atoms with van der Waals surface area (Å²) in [4.78, 5) is 27.1. The molecule has 0 aromatic heterocycles. The van der Waals surface area contributed by atoms with Crippen LogP contribution >= 0.6 is 15.9 Å². The topological polar surface area (TPSA) is 58.6 Å². The molecule has 0 saturated heterocycles. The number of rotatable bonds is 2. The van der Waals surface area contributed by atoms with Crippen LogP contribution in [0.2, 0.25) is 0 Å². The standard InChI is InChI=1S/C22H17BrN2O3/c1-13-7-9-20-18(11-13)25(2)22(27)16-12-14(8-10-19(16)28-20)24-21(26)15-5-3-4-6-17(15)23/h3-12H,1-2H3,(H,24,26). The molecular formula is C22H17BrN2O3. The number of benzene rings is 3. The van der Waals surface area contributed by atoms with Crippen molar-refractivity contribution in [1.82, 2.24) is 0 Å². The van der Waals surface area contributed by atoms with E-state index in [4.69, 9.17) is 4.74 Å². The van der Waals surface area contributed by atoms with Crippen LogP contribution in [0.15, 0.2) is 65.1 Å². The van der Waals surface area contributed by atoms with Crippen molar-refractivity contribution < 1.29 is 14.3 Å². The third-order valence-corrected chi connectivity index (χ3v) is 5.28. The number of carbonyl (C=O) groups excluding carboxylic acids is 2. The first-order chi connectivity index (χ1) is 13.4. The van der Waals surface area contributed by atoms with Crippen LogP contribution in [0, 0.1) is 6.92 Å². The molecule has 1 aliphatic rings. The summed E-state index contributed by atoms with van der Waals surface area (Å²) in [6, 6.07) is 17.9. The maximum absolute atomic E-state index is 13.0. The highest BCUT2D eigenvalue weighted by atomic mass is 79.9. The first kappa shape index (κ1) is 18.3. The Bertz CT molecular complexity index is 1110. The molecule has 4 rings (SSSR count). The fourth-order valence-electron chi connectivity index (χ4n) is 3.09. The quantitative estimate of drug-likeness (QED) is 0.585. The van der Waals surface area contributed by atoms with Crippen LogP contribution < -0.4 is 15.0 Å². The van der Waals surface area contributed by atoms with Crippen molar-refractivity contribution in [2.75, 3.05) is 17.3 Å². The van der Waals surface area contributed by atoms with Crippen molar-refractivity contribution in [1.29, 1.82) is 0 Å². The van der Waals surface area contributed by atoms with Gasteiger partial charge in [0.1, 0.15) is 5.75 Å². The number of nitrogens with zero attached hydrogens (tertiary/aromatic N) is 1. The van der Waals surface area contributed by atoms with Gasteiger partial charge in [0.15, 0.2) is 5.75 Å². The van der Waals surface area contributed by atoms with Gasteiger partial charge in [-0.1, -0.05) is 18.2 Å². The van der Waals surface area contributed by atoms with E-state index < -0.39 is 0 Å². The highest BCUT2D eigenvalue weighted by Crippen LogP contribution is 2.39. The van der Waals surface area contributed by atoms with E-state index in [9.17, 15) is 9.59 Å². The number of carbonyl (C=O) groups is 2. The molecule has 0 atom stereocenters. The molecule has 0 aliphatic carbocycles. The molecule has 3 aromatic rings. The van der Waals surface area contributed by atoms with Gasteiger partial charge in [0.2, 0.25) is 0 Å². The lowest BCUT2D eigenvalue weighted by Crippen LogP contribution is -2.25. The largest absolute Gasteiger partial charge is 0.454 e. The van der Waals surface area contributed by atoms with Crippen LogP contribution in [0.5, 0.6) is 11.5 Å². The molecule has 0 bridgehead atoms. The lowest BCUT2D eigenvalue weighted by Gasteiger charge is -2.16. The van der Waals surface area contributed by atoms with Gasteiger partial charge in [0, 0.05) is 17.2 Å². The molecule has 2 amide bonds. The number of fused-ring (bicyclic) bond motifs is 2. The summed E-state index contributed by atoms with van der Waals surface area (Å²) in [6.07, 6.45) is 0. The Kier molecular flexibility index (Phi) is 4.65. The molecule has 0 spiro atoms. The van der Waals surface area contributed by atoms with E-state index in [1.807, 2.05) is 31.2 Å². The summed E-state index contributed by atoms with van der Waals surface area (Å²) in [5.74, 6) is 0.613. The lowest BCUT2D eigenvalue weighted by molar-refractivity contribution is 0.0990. The SMILES string of the molecule is Cc1ccc2c(c1)N(C)C(=O)c1cc(NC(=O)c3ccccc3Br)ccc1O2. The Labute approximate surface area is 171 Å². The second kappa shape index (κ2) is 7.13. The van der Waals surface area contributed by atoms with E-state index in [2.05, 4.69) is 21.2 Å². The Balaban J connectivity index is 1.68. The summed E-state index contributed by atoms with van der Waals surface area (Å²) >= 11 is 3.38. The minimum absolute atomic E-state index is 0.198. The van der Waals surface area contributed by atoms with E-state index in [-0.39, 0.29) is 11.8 Å². The fourth-order valence-corrected chi connectivity index (χ4v) is 3.56. The fraction of sp³-hybridized carbons (Fsp3) is 0.0909. The van der Waals surface area contributed by atoms with Gasteiger partial charge < -0.3 is 15.0 Å². The van der Waals surface area contributed by atoms with Gasteiger partial charge in [-0.15, -0.1) is 0 Å². The molecule has 28 heavy (non-hydrogen) atoms. The van der Waals surface area contributed by atoms with Crippen LogP contribution in [0.4, 0.5) is 11.4 Å². The predicted molar refractivity (Wildman–Crippen MR) is 113 cm³/mol. The van der Waals surface area contributed by atoms with Gasteiger partial charge in [0.05, 0.1) is 16.8 Å². The van der Waals surface area contributed by atoms with Gasteiger partial charge >= 0.3 is 0 Å². The molecule has 0 radical (unpaired) electrons. The Hall–Kier alpha value is -3.12. The second-order valence-electron chi connectivity index (χ2n) is 6.58. The van der Waals surface area contributed by atoms with E-state index in [1.54, 1.807) is 48.3 Å². The van der Waals surface area contributed by atoms with Crippen molar-refractivity contribution in [3.8, 4) is 11.5 Å². The normalized spacial score (nSPS) is 12.5. The number of nitrogens with one attached hydrogen (secondary N) is 1. The molecule has 5 nitrogen and oxygen atoms in total. The maximum Gasteiger partial charge on any atom is 0.261 e. The van der Waals surface area contributed by atoms with Gasteiger partial charge in [-0.2, -0.15) is 0 Å². The zero-order chi connectivity index (χ0) is 19.8. The number of hydrogen-bond donors (Lipinski definition) is 1. The zero-order valence-corrected chi connectivity index (χ0v) is 16.9. The summed E-state index contributed by atoms with van der Waals surface area (Å²) in [6.45, 7) is 1.96. The average Bonchev–Trinajstić information content (AvgIpc) is 2.78. The smallest absolute Gasteiger partial charge is 0.261 e. The number of aryl methyl sites for hydroxylation is 1. The zero-order valence-electron chi connectivity index (χ0n) is 15.3. The molecule has 1 N–H and O–H groups in total. The van der Waals surface area contributed by atoms with Crippen LogP contribution in [0.3, 0.4) is 0 Å². The van der Waals surface area contributed by atoms with Crippen molar-refractivity contribution in [3.05, 3.63) is 81.8 Å². The Morgan fingerprint density at radius 1 is 1.04 bits per heavy atom. The van der Waals surface area contributed by atoms with Crippen LogP contribution in [-0.4, -0.2) is 18.9 Å². The van der Waals surface area contributed by atoms with E-state index in [0.29, 0.717) is 38.5 Å². The van der Waals surface area contributed by atoms with Gasteiger partial charge in [-0.3, -0.25) is 9.59 Å². The summed E-state index contributed by atoms with van der Waals surface area (Å²) in [5, 5.41) is 2.84. The van der Waals surface area contributed by atoms with E-state index >= 15 is 0 Å². The molecule has 0 fully saturated rings. The first-order valence-electron chi connectivity index (χ1n) is 8.70. The van der Waals surface area contributed by atoms with E-state index in [0.717, 1.165) is 5.56 Å². The summed E-state index contributed by atoms with van der Waals surface area (Å²) < 4.78 is 6.68. The number of anilines is 2. The monoisotopic (exact) mass is 436 g/mol. The molecule has 0 unspecified atom stereocenters. The van der Waals surface area contributed by atoms with Crippen LogP contribution in [-0.2, 0) is 0 Å². The first-order valence-corrected chi connectivity index (χ1v) is 9.50. The van der Waals surface area contributed by atoms with Crippen molar-refractivity contribution in [3.63, 3.8) is 0 Å². The molecule has 1 heterocycles. The Morgan fingerprint density at radius 3 is 2.57 bits per heavy atom. The third kappa shape index (κ3) is 3.27. The third-order valence-electron chi connectivity index (χ3n) is 4.59. The van der Waals surface area contributed by atoms with Crippen LogP contribution in [0.25, 0.3) is 0 Å². The number of halogens is 1. The minimum atomic E-state index is -0.262. The predicted octanol–water partition coefficient (Wildman–Crippen LogP) is 5.39. The highest BCUT2D eigenvalue weighted by molar-refractivity contribution is 9.10. The number of amides is 2. The maximum atomic E-state index is 13.0. The minimum Gasteiger partial charge on any atom is -0.454 e. The second-order valence-corrected chi connectivity index (χ2v) is 7.44. The molecular weight excluding hydrogens is 420 g/mol.